The third kappa shape index (κ3) is 3.37. The first-order chi connectivity index (χ1) is 10.6. The third-order valence-corrected chi connectivity index (χ3v) is 4.07. The monoisotopic (exact) mass is 306 g/mol. The summed E-state index contributed by atoms with van der Waals surface area (Å²) in [6.45, 7) is 4.67. The van der Waals surface area contributed by atoms with Crippen molar-refractivity contribution in [2.75, 3.05) is 13.2 Å². The van der Waals surface area contributed by atoms with Crippen LogP contribution in [0.5, 0.6) is 5.75 Å². The Balaban J connectivity index is 2.28. The molecule has 1 fully saturated rings. The van der Waals surface area contributed by atoms with Crippen LogP contribution in [0.25, 0.3) is 0 Å². The van der Waals surface area contributed by atoms with Gasteiger partial charge in [0.05, 0.1) is 11.5 Å². The summed E-state index contributed by atoms with van der Waals surface area (Å²) >= 11 is 0. The minimum absolute atomic E-state index is 0.138. The van der Waals surface area contributed by atoms with Crippen LogP contribution in [0.15, 0.2) is 18.2 Å². The van der Waals surface area contributed by atoms with E-state index in [4.69, 9.17) is 4.74 Å². The Morgan fingerprint density at radius 3 is 2.59 bits per heavy atom. The van der Waals surface area contributed by atoms with Crippen molar-refractivity contribution >= 4 is 11.6 Å². The standard InChI is InChI=1S/C16H22N2O4/c1-3-17(13-7-5-6-8-13)16(19)12-9-10-15(22-4-2)14(11-12)18(20)21/h9-11,13H,3-8H2,1-2H3. The number of benzene rings is 1. The first kappa shape index (κ1) is 16.3. The van der Waals surface area contributed by atoms with Gasteiger partial charge in [0.1, 0.15) is 0 Å². The molecule has 0 atom stereocenters. The van der Waals surface area contributed by atoms with Gasteiger partial charge >= 0.3 is 5.69 Å². The topological polar surface area (TPSA) is 72.7 Å². The number of amides is 1. The summed E-state index contributed by atoms with van der Waals surface area (Å²) in [5, 5.41) is 11.2. The van der Waals surface area contributed by atoms with Crippen molar-refractivity contribution in [1.82, 2.24) is 4.90 Å². The van der Waals surface area contributed by atoms with Crippen LogP contribution >= 0.6 is 0 Å². The van der Waals surface area contributed by atoms with E-state index >= 15 is 0 Å². The predicted octanol–water partition coefficient (Wildman–Crippen LogP) is 3.40. The fraction of sp³-hybridized carbons (Fsp3) is 0.562. The summed E-state index contributed by atoms with van der Waals surface area (Å²) in [5.74, 6) is 0.0634. The number of nitro benzene ring substituents is 1. The number of nitro groups is 1. The number of nitrogens with zero attached hydrogens (tertiary/aromatic N) is 2. The molecule has 0 radical (unpaired) electrons. The van der Waals surface area contributed by atoms with Gasteiger partial charge in [0, 0.05) is 24.2 Å². The first-order valence-electron chi connectivity index (χ1n) is 7.80. The molecule has 0 aromatic heterocycles. The maximum absolute atomic E-state index is 12.7. The highest BCUT2D eigenvalue weighted by Gasteiger charge is 2.27. The molecule has 0 spiro atoms. The average molecular weight is 306 g/mol. The lowest BCUT2D eigenvalue weighted by atomic mass is 10.1. The SMILES string of the molecule is CCOc1ccc(C(=O)N(CC)C2CCCC2)cc1[N+](=O)[O-]. The van der Waals surface area contributed by atoms with Crippen LogP contribution in [0.2, 0.25) is 0 Å². The molecule has 0 heterocycles. The second-order valence-corrected chi connectivity index (χ2v) is 5.40. The van der Waals surface area contributed by atoms with E-state index < -0.39 is 4.92 Å². The summed E-state index contributed by atoms with van der Waals surface area (Å²) in [7, 11) is 0. The van der Waals surface area contributed by atoms with Crippen LogP contribution in [0.3, 0.4) is 0 Å². The number of ether oxygens (including phenoxy) is 1. The van der Waals surface area contributed by atoms with Gasteiger partial charge in [-0.3, -0.25) is 14.9 Å². The molecule has 1 aromatic carbocycles. The Morgan fingerprint density at radius 2 is 2.05 bits per heavy atom. The van der Waals surface area contributed by atoms with Crippen LogP contribution in [-0.2, 0) is 0 Å². The highest BCUT2D eigenvalue weighted by molar-refractivity contribution is 5.95. The quantitative estimate of drug-likeness (QED) is 0.596. The minimum Gasteiger partial charge on any atom is -0.487 e. The van der Waals surface area contributed by atoms with Crippen molar-refractivity contribution < 1.29 is 14.5 Å². The van der Waals surface area contributed by atoms with E-state index in [1.807, 2.05) is 11.8 Å². The molecule has 6 heteroatoms. The number of hydrogen-bond donors (Lipinski definition) is 0. The van der Waals surface area contributed by atoms with Crippen LogP contribution in [0.1, 0.15) is 49.9 Å². The molecule has 0 bridgehead atoms. The Labute approximate surface area is 130 Å². The molecule has 2 rings (SSSR count). The van der Waals surface area contributed by atoms with Gasteiger partial charge in [-0.25, -0.2) is 0 Å². The molecule has 1 saturated carbocycles. The lowest BCUT2D eigenvalue weighted by Crippen LogP contribution is -2.38. The lowest BCUT2D eigenvalue weighted by Gasteiger charge is -2.27. The zero-order valence-corrected chi connectivity index (χ0v) is 13.1. The van der Waals surface area contributed by atoms with Crippen molar-refractivity contribution in [2.45, 2.75) is 45.6 Å². The van der Waals surface area contributed by atoms with Gasteiger partial charge < -0.3 is 9.64 Å². The molecule has 0 saturated heterocycles. The van der Waals surface area contributed by atoms with Gasteiger partial charge in [-0.15, -0.1) is 0 Å². The fourth-order valence-corrected chi connectivity index (χ4v) is 3.02. The smallest absolute Gasteiger partial charge is 0.311 e. The van der Waals surface area contributed by atoms with Crippen molar-refractivity contribution in [2.24, 2.45) is 0 Å². The molecule has 6 nitrogen and oxygen atoms in total. The molecule has 1 aromatic rings. The molecule has 1 amide bonds. The second kappa shape index (κ2) is 7.24. The van der Waals surface area contributed by atoms with E-state index in [9.17, 15) is 14.9 Å². The first-order valence-corrected chi connectivity index (χ1v) is 7.80. The Bertz CT molecular complexity index is 553. The Hall–Kier alpha value is -2.11. The molecular weight excluding hydrogens is 284 g/mol. The molecule has 1 aliphatic rings. The summed E-state index contributed by atoms with van der Waals surface area (Å²) in [6.07, 6.45) is 4.30. The predicted molar refractivity (Wildman–Crippen MR) is 83.2 cm³/mol. The Morgan fingerprint density at radius 1 is 1.36 bits per heavy atom. The average Bonchev–Trinajstić information content (AvgIpc) is 3.02. The van der Waals surface area contributed by atoms with Crippen LogP contribution in [-0.4, -0.2) is 34.9 Å². The zero-order chi connectivity index (χ0) is 16.1. The number of rotatable bonds is 6. The highest BCUT2D eigenvalue weighted by Crippen LogP contribution is 2.30. The largest absolute Gasteiger partial charge is 0.487 e. The lowest BCUT2D eigenvalue weighted by molar-refractivity contribution is -0.385. The van der Waals surface area contributed by atoms with Gasteiger partial charge in [0.15, 0.2) is 5.75 Å². The molecule has 0 aliphatic heterocycles. The number of hydrogen-bond acceptors (Lipinski definition) is 4. The summed E-state index contributed by atoms with van der Waals surface area (Å²) < 4.78 is 5.25. The van der Waals surface area contributed by atoms with Crippen molar-refractivity contribution in [3.8, 4) is 5.75 Å². The van der Waals surface area contributed by atoms with Gasteiger partial charge in [0.25, 0.3) is 5.91 Å². The second-order valence-electron chi connectivity index (χ2n) is 5.40. The summed E-state index contributed by atoms with van der Waals surface area (Å²) in [4.78, 5) is 25.2. The van der Waals surface area contributed by atoms with Crippen molar-refractivity contribution in [3.05, 3.63) is 33.9 Å². The van der Waals surface area contributed by atoms with E-state index in [0.717, 1.165) is 25.7 Å². The maximum atomic E-state index is 12.7. The van der Waals surface area contributed by atoms with Crippen molar-refractivity contribution in [3.63, 3.8) is 0 Å². The maximum Gasteiger partial charge on any atom is 0.311 e. The molecule has 1 aliphatic carbocycles. The highest BCUT2D eigenvalue weighted by atomic mass is 16.6. The van der Waals surface area contributed by atoms with Crippen molar-refractivity contribution in [1.29, 1.82) is 0 Å². The normalized spacial score (nSPS) is 14.8. The van der Waals surface area contributed by atoms with Gasteiger partial charge in [-0.05, 0) is 38.8 Å². The zero-order valence-electron chi connectivity index (χ0n) is 13.1. The van der Waals surface area contributed by atoms with Crippen LogP contribution in [0, 0.1) is 10.1 Å². The van der Waals surface area contributed by atoms with E-state index in [0.29, 0.717) is 18.7 Å². The molecule has 0 unspecified atom stereocenters. The van der Waals surface area contributed by atoms with Crippen LogP contribution < -0.4 is 4.74 Å². The van der Waals surface area contributed by atoms with Gasteiger partial charge in [-0.2, -0.15) is 0 Å². The van der Waals surface area contributed by atoms with E-state index in [-0.39, 0.29) is 23.4 Å². The third-order valence-electron chi connectivity index (χ3n) is 4.07. The van der Waals surface area contributed by atoms with E-state index in [2.05, 4.69) is 0 Å². The van der Waals surface area contributed by atoms with Crippen LogP contribution in [0.4, 0.5) is 5.69 Å². The summed E-state index contributed by atoms with van der Waals surface area (Å²) in [6, 6.07) is 4.70. The van der Waals surface area contributed by atoms with Gasteiger partial charge in [-0.1, -0.05) is 12.8 Å². The Kier molecular flexibility index (Phi) is 5.35. The fourth-order valence-electron chi connectivity index (χ4n) is 3.02. The van der Waals surface area contributed by atoms with E-state index in [1.54, 1.807) is 13.0 Å². The van der Waals surface area contributed by atoms with Gasteiger partial charge in [0.2, 0.25) is 0 Å². The molecular formula is C16H22N2O4. The summed E-state index contributed by atoms with van der Waals surface area (Å²) in [5.41, 5.74) is 0.194. The number of carbonyl (C=O) groups is 1. The molecule has 0 N–H and O–H groups in total. The minimum atomic E-state index is -0.506. The molecule has 120 valence electrons. The van der Waals surface area contributed by atoms with E-state index in [1.165, 1.54) is 12.1 Å². The number of carbonyl (C=O) groups excluding carboxylic acids is 1. The molecule has 22 heavy (non-hydrogen) atoms.